The van der Waals surface area contributed by atoms with E-state index in [4.69, 9.17) is 4.42 Å². The molecule has 2 atom stereocenters. The Kier molecular flexibility index (Phi) is 3.82. The lowest BCUT2D eigenvalue weighted by Gasteiger charge is -2.15. The maximum absolute atomic E-state index is 13.3. The number of halogens is 1. The molecule has 2 amide bonds. The van der Waals surface area contributed by atoms with Gasteiger partial charge in [0.1, 0.15) is 23.2 Å². The lowest BCUT2D eigenvalue weighted by molar-refractivity contribution is -0.123. The van der Waals surface area contributed by atoms with Crippen molar-refractivity contribution in [3.8, 4) is 0 Å². The van der Waals surface area contributed by atoms with E-state index in [1.165, 1.54) is 12.1 Å². The molecule has 1 aromatic heterocycles. The van der Waals surface area contributed by atoms with E-state index < -0.39 is 6.04 Å². The van der Waals surface area contributed by atoms with Crippen molar-refractivity contribution in [3.05, 3.63) is 35.3 Å². The van der Waals surface area contributed by atoms with Crippen LogP contribution in [0.3, 0.4) is 0 Å². The maximum atomic E-state index is 13.3. The molecule has 0 aliphatic carbocycles. The molecule has 0 radical (unpaired) electrons. The van der Waals surface area contributed by atoms with Crippen molar-refractivity contribution in [2.75, 3.05) is 5.75 Å². The third-order valence-electron chi connectivity index (χ3n) is 3.68. The van der Waals surface area contributed by atoms with Gasteiger partial charge in [-0.25, -0.2) is 4.39 Å². The molecule has 0 unspecified atom stereocenters. The minimum Gasteiger partial charge on any atom is -0.459 e. The topological polar surface area (TPSA) is 71.3 Å². The number of carbonyl (C=O) groups excluding carboxylic acids is 2. The van der Waals surface area contributed by atoms with Crippen molar-refractivity contribution in [2.24, 2.45) is 0 Å². The average molecular weight is 322 g/mol. The van der Waals surface area contributed by atoms with Crippen LogP contribution in [-0.2, 0) is 4.79 Å². The minimum atomic E-state index is -0.526. The fraction of sp³-hybridized carbons (Fsp3) is 0.333. The highest BCUT2D eigenvalue weighted by Crippen LogP contribution is 2.30. The summed E-state index contributed by atoms with van der Waals surface area (Å²) >= 11 is 1.09. The molecule has 0 saturated carbocycles. The number of aryl methyl sites for hydroxylation is 1. The van der Waals surface area contributed by atoms with Crippen molar-refractivity contribution in [1.29, 1.82) is 0 Å². The maximum Gasteiger partial charge on any atom is 0.279 e. The van der Waals surface area contributed by atoms with Gasteiger partial charge in [-0.05, 0) is 32.0 Å². The van der Waals surface area contributed by atoms with Gasteiger partial charge in [-0.3, -0.25) is 9.59 Å². The smallest absolute Gasteiger partial charge is 0.279 e. The number of amides is 2. The Hall–Kier alpha value is -2.02. The number of hydrogen-bond donors (Lipinski definition) is 2. The van der Waals surface area contributed by atoms with Gasteiger partial charge in [-0.1, -0.05) is 11.8 Å². The van der Waals surface area contributed by atoms with Crippen LogP contribution in [0.1, 0.15) is 24.3 Å². The molecule has 0 spiro atoms. The van der Waals surface area contributed by atoms with Gasteiger partial charge in [0.25, 0.3) is 5.24 Å². The Balaban J connectivity index is 1.80. The van der Waals surface area contributed by atoms with Gasteiger partial charge in [0, 0.05) is 16.7 Å². The number of rotatable bonds is 3. The van der Waals surface area contributed by atoms with Crippen molar-refractivity contribution in [3.63, 3.8) is 0 Å². The molecule has 2 aromatic rings. The van der Waals surface area contributed by atoms with Crippen molar-refractivity contribution >= 4 is 33.9 Å². The molecule has 3 rings (SSSR count). The number of hydrogen-bond acceptors (Lipinski definition) is 4. The lowest BCUT2D eigenvalue weighted by atomic mass is 10.1. The zero-order valence-electron chi connectivity index (χ0n) is 12.1. The Morgan fingerprint density at radius 2 is 2.32 bits per heavy atom. The van der Waals surface area contributed by atoms with Crippen LogP contribution in [0.4, 0.5) is 9.18 Å². The second-order valence-corrected chi connectivity index (χ2v) is 6.25. The monoisotopic (exact) mass is 322 g/mol. The second kappa shape index (κ2) is 5.64. The molecular formula is C15H15FN2O3S. The predicted octanol–water partition coefficient (Wildman–Crippen LogP) is 2.88. The molecule has 1 saturated heterocycles. The number of benzene rings is 1. The molecule has 1 aliphatic rings. The van der Waals surface area contributed by atoms with E-state index >= 15 is 0 Å². The third kappa shape index (κ3) is 2.68. The highest BCUT2D eigenvalue weighted by atomic mass is 32.2. The number of thioether (sulfide) groups is 1. The number of nitrogens with one attached hydrogen (secondary N) is 2. The molecule has 7 heteroatoms. The SMILES string of the molecule is Cc1c([C@H](C)NC(=O)[C@H]2CSC(=O)N2)oc2ccc(F)cc12. The first-order valence-corrected chi connectivity index (χ1v) is 7.86. The second-order valence-electron chi connectivity index (χ2n) is 5.26. The molecule has 116 valence electrons. The molecule has 1 aromatic carbocycles. The molecular weight excluding hydrogens is 307 g/mol. The van der Waals surface area contributed by atoms with Gasteiger partial charge in [-0.15, -0.1) is 0 Å². The van der Waals surface area contributed by atoms with Crippen molar-refractivity contribution < 1.29 is 18.4 Å². The average Bonchev–Trinajstić information content (AvgIpc) is 3.04. The van der Waals surface area contributed by atoms with Crippen LogP contribution in [0.2, 0.25) is 0 Å². The summed E-state index contributed by atoms with van der Waals surface area (Å²) in [7, 11) is 0. The van der Waals surface area contributed by atoms with E-state index in [0.29, 0.717) is 22.5 Å². The van der Waals surface area contributed by atoms with E-state index in [0.717, 1.165) is 17.3 Å². The summed E-state index contributed by atoms with van der Waals surface area (Å²) in [6, 6.07) is 3.43. The summed E-state index contributed by atoms with van der Waals surface area (Å²) in [5, 5.41) is 5.92. The zero-order chi connectivity index (χ0) is 15.9. The zero-order valence-corrected chi connectivity index (χ0v) is 12.9. The quantitative estimate of drug-likeness (QED) is 0.911. The Bertz CT molecular complexity index is 759. The number of carbonyl (C=O) groups is 2. The normalized spacial score (nSPS) is 19.2. The lowest BCUT2D eigenvalue weighted by Crippen LogP contribution is -2.43. The van der Waals surface area contributed by atoms with Gasteiger partial charge in [0.2, 0.25) is 5.91 Å². The molecule has 5 nitrogen and oxygen atoms in total. The summed E-state index contributed by atoms with van der Waals surface area (Å²) in [5.74, 6) is 0.426. The fourth-order valence-corrected chi connectivity index (χ4v) is 3.31. The number of fused-ring (bicyclic) bond motifs is 1. The fourth-order valence-electron chi connectivity index (χ4n) is 2.53. The van der Waals surface area contributed by atoms with Crippen molar-refractivity contribution in [2.45, 2.75) is 25.9 Å². The summed E-state index contributed by atoms with van der Waals surface area (Å²) in [5.41, 5.74) is 1.38. The van der Waals surface area contributed by atoms with Crippen LogP contribution in [0.15, 0.2) is 22.6 Å². The summed E-state index contributed by atoms with van der Waals surface area (Å²) in [6.45, 7) is 3.62. The largest absolute Gasteiger partial charge is 0.459 e. The Labute approximate surface area is 130 Å². The summed E-state index contributed by atoms with van der Waals surface area (Å²) in [6.07, 6.45) is 0. The first-order chi connectivity index (χ1) is 10.5. The van der Waals surface area contributed by atoms with Gasteiger partial charge in [0.15, 0.2) is 0 Å². The van der Waals surface area contributed by atoms with Crippen LogP contribution in [0.25, 0.3) is 11.0 Å². The molecule has 2 heterocycles. The van der Waals surface area contributed by atoms with E-state index in [2.05, 4.69) is 10.6 Å². The van der Waals surface area contributed by atoms with Gasteiger partial charge >= 0.3 is 0 Å². The standard InChI is InChI=1S/C15H15FN2O3S/c1-7-10-5-9(16)3-4-12(10)21-13(7)8(2)17-14(19)11-6-22-15(20)18-11/h3-5,8,11H,6H2,1-2H3,(H,17,19)(H,18,20)/t8-,11+/m0/s1. The highest BCUT2D eigenvalue weighted by molar-refractivity contribution is 8.14. The van der Waals surface area contributed by atoms with E-state index in [1.807, 2.05) is 6.92 Å². The first-order valence-electron chi connectivity index (χ1n) is 6.88. The molecule has 1 aliphatic heterocycles. The molecule has 0 bridgehead atoms. The molecule has 2 N–H and O–H groups in total. The first kappa shape index (κ1) is 14.9. The van der Waals surface area contributed by atoms with Crippen molar-refractivity contribution in [1.82, 2.24) is 10.6 Å². The highest BCUT2D eigenvalue weighted by Gasteiger charge is 2.29. The Morgan fingerprint density at radius 1 is 1.55 bits per heavy atom. The van der Waals surface area contributed by atoms with Crippen LogP contribution < -0.4 is 10.6 Å². The predicted molar refractivity (Wildman–Crippen MR) is 82.2 cm³/mol. The summed E-state index contributed by atoms with van der Waals surface area (Å²) in [4.78, 5) is 23.2. The van der Waals surface area contributed by atoms with Crippen LogP contribution in [0.5, 0.6) is 0 Å². The van der Waals surface area contributed by atoms with Crippen LogP contribution in [0, 0.1) is 12.7 Å². The summed E-state index contributed by atoms with van der Waals surface area (Å²) < 4.78 is 19.1. The van der Waals surface area contributed by atoms with Crippen LogP contribution in [-0.4, -0.2) is 22.9 Å². The van der Waals surface area contributed by atoms with E-state index in [9.17, 15) is 14.0 Å². The minimum absolute atomic E-state index is 0.191. The number of furan rings is 1. The van der Waals surface area contributed by atoms with E-state index in [1.54, 1.807) is 13.0 Å². The van der Waals surface area contributed by atoms with E-state index in [-0.39, 0.29) is 23.0 Å². The van der Waals surface area contributed by atoms with Crippen LogP contribution >= 0.6 is 11.8 Å². The molecule has 22 heavy (non-hydrogen) atoms. The van der Waals surface area contributed by atoms with Gasteiger partial charge < -0.3 is 15.1 Å². The van der Waals surface area contributed by atoms with Gasteiger partial charge in [-0.2, -0.15) is 0 Å². The Morgan fingerprint density at radius 3 is 3.00 bits per heavy atom. The third-order valence-corrected chi connectivity index (χ3v) is 4.56. The molecule has 1 fully saturated rings. The van der Waals surface area contributed by atoms with Gasteiger partial charge in [0.05, 0.1) is 6.04 Å².